The van der Waals surface area contributed by atoms with E-state index in [0.717, 1.165) is 4.90 Å². The van der Waals surface area contributed by atoms with Crippen LogP contribution in [0.15, 0.2) is 54.7 Å². The molecule has 0 bridgehead atoms. The number of nitrogens with one attached hydrogen (secondary N) is 2. The number of hydrogen-bond acceptors (Lipinski definition) is 5. The zero-order valence-electron chi connectivity index (χ0n) is 18.1. The lowest BCUT2D eigenvalue weighted by Crippen LogP contribution is -2.34. The molecule has 2 atom stereocenters. The van der Waals surface area contributed by atoms with Crippen molar-refractivity contribution < 1.29 is 14.4 Å². The molecule has 0 spiro atoms. The van der Waals surface area contributed by atoms with Gasteiger partial charge in [-0.2, -0.15) is 0 Å². The fourth-order valence-corrected chi connectivity index (χ4v) is 3.89. The summed E-state index contributed by atoms with van der Waals surface area (Å²) in [5, 5.41) is 14.2. The summed E-state index contributed by atoms with van der Waals surface area (Å²) >= 11 is 0. The highest BCUT2D eigenvalue weighted by Crippen LogP contribution is 2.23. The van der Waals surface area contributed by atoms with Crippen LogP contribution in [0.2, 0.25) is 0 Å². The molecule has 1 aliphatic heterocycles. The molecule has 4 rings (SSSR count). The highest BCUT2D eigenvalue weighted by Gasteiger charge is 2.39. The summed E-state index contributed by atoms with van der Waals surface area (Å²) in [4.78, 5) is 38.9. The van der Waals surface area contributed by atoms with Crippen LogP contribution in [0.3, 0.4) is 0 Å². The minimum absolute atomic E-state index is 0.102. The zero-order valence-corrected chi connectivity index (χ0v) is 18.1. The van der Waals surface area contributed by atoms with Crippen LogP contribution >= 0.6 is 0 Å². The molecule has 32 heavy (non-hydrogen) atoms. The summed E-state index contributed by atoms with van der Waals surface area (Å²) in [6, 6.07) is 12.9. The van der Waals surface area contributed by atoms with Crippen LogP contribution in [0.25, 0.3) is 5.65 Å². The lowest BCUT2D eigenvalue weighted by molar-refractivity contribution is -0.122. The lowest BCUT2D eigenvalue weighted by atomic mass is 10.0. The minimum atomic E-state index is -0.731. The van der Waals surface area contributed by atoms with Crippen molar-refractivity contribution in [3.63, 3.8) is 0 Å². The van der Waals surface area contributed by atoms with Gasteiger partial charge in [-0.1, -0.05) is 38.1 Å². The number of carbonyl (C=O) groups excluding carboxylic acids is 3. The van der Waals surface area contributed by atoms with E-state index >= 15 is 0 Å². The quantitative estimate of drug-likeness (QED) is 0.530. The van der Waals surface area contributed by atoms with E-state index in [-0.39, 0.29) is 30.7 Å². The van der Waals surface area contributed by atoms with Gasteiger partial charge in [0.15, 0.2) is 11.5 Å². The molecule has 166 valence electrons. The first kappa shape index (κ1) is 21.5. The van der Waals surface area contributed by atoms with Crippen molar-refractivity contribution in [2.45, 2.75) is 45.2 Å². The molecule has 9 nitrogen and oxygen atoms in total. The van der Waals surface area contributed by atoms with E-state index in [9.17, 15) is 14.4 Å². The molecule has 0 aliphatic carbocycles. The number of urea groups is 1. The Balaban J connectivity index is 1.41. The second-order valence-electron chi connectivity index (χ2n) is 8.29. The van der Waals surface area contributed by atoms with Crippen LogP contribution in [0.4, 0.5) is 10.5 Å². The predicted molar refractivity (Wildman–Crippen MR) is 119 cm³/mol. The Morgan fingerprint density at radius 2 is 1.84 bits per heavy atom. The number of benzene rings is 1. The van der Waals surface area contributed by atoms with Crippen molar-refractivity contribution in [3.05, 3.63) is 60.6 Å². The summed E-state index contributed by atoms with van der Waals surface area (Å²) in [7, 11) is 0. The number of fused-ring (bicyclic) bond motifs is 1. The van der Waals surface area contributed by atoms with E-state index in [1.807, 2.05) is 34.9 Å². The Hall–Kier alpha value is -3.75. The molecule has 0 saturated carbocycles. The molecule has 0 unspecified atom stereocenters. The predicted octanol–water partition coefficient (Wildman–Crippen LogP) is 2.84. The third-order valence-corrected chi connectivity index (χ3v) is 5.39. The number of carbonyl (C=O) groups is 3. The van der Waals surface area contributed by atoms with Gasteiger partial charge < -0.3 is 10.6 Å². The number of anilines is 1. The number of imide groups is 1. The van der Waals surface area contributed by atoms with Crippen LogP contribution in [0.5, 0.6) is 0 Å². The molecule has 1 aromatic carbocycles. The number of para-hydroxylation sites is 1. The Morgan fingerprint density at radius 3 is 2.59 bits per heavy atom. The fourth-order valence-electron chi connectivity index (χ4n) is 3.89. The molecule has 0 radical (unpaired) electrons. The van der Waals surface area contributed by atoms with Gasteiger partial charge >= 0.3 is 6.03 Å². The Kier molecular flexibility index (Phi) is 6.16. The van der Waals surface area contributed by atoms with Crippen molar-refractivity contribution in [1.82, 2.24) is 25.2 Å². The maximum Gasteiger partial charge on any atom is 0.329 e. The Labute approximate surface area is 185 Å². The van der Waals surface area contributed by atoms with E-state index in [4.69, 9.17) is 0 Å². The first-order chi connectivity index (χ1) is 15.4. The summed E-state index contributed by atoms with van der Waals surface area (Å²) in [6.45, 7) is 4.15. The van der Waals surface area contributed by atoms with Crippen molar-refractivity contribution in [3.8, 4) is 0 Å². The number of rotatable bonds is 8. The van der Waals surface area contributed by atoms with Crippen LogP contribution in [-0.2, 0) is 9.59 Å². The average Bonchev–Trinajstić information content (AvgIpc) is 3.32. The molecule has 3 heterocycles. The van der Waals surface area contributed by atoms with Crippen molar-refractivity contribution in [1.29, 1.82) is 0 Å². The van der Waals surface area contributed by atoms with Crippen LogP contribution in [-0.4, -0.2) is 38.5 Å². The van der Waals surface area contributed by atoms with Gasteiger partial charge in [-0.05, 0) is 43.0 Å². The zero-order chi connectivity index (χ0) is 22.7. The van der Waals surface area contributed by atoms with Gasteiger partial charge in [0.25, 0.3) is 5.91 Å². The van der Waals surface area contributed by atoms with Crippen LogP contribution in [0, 0.1) is 5.92 Å². The van der Waals surface area contributed by atoms with E-state index in [1.54, 1.807) is 24.3 Å². The third kappa shape index (κ3) is 4.46. The van der Waals surface area contributed by atoms with Crippen molar-refractivity contribution >= 4 is 29.2 Å². The number of pyridine rings is 1. The monoisotopic (exact) mass is 434 g/mol. The van der Waals surface area contributed by atoms with Gasteiger partial charge in [0.2, 0.25) is 5.91 Å². The summed E-state index contributed by atoms with van der Waals surface area (Å²) < 4.78 is 1.87. The molecule has 9 heteroatoms. The first-order valence-corrected chi connectivity index (χ1v) is 10.7. The van der Waals surface area contributed by atoms with Gasteiger partial charge in [-0.25, -0.2) is 9.69 Å². The van der Waals surface area contributed by atoms with E-state index < -0.39 is 12.1 Å². The summed E-state index contributed by atoms with van der Waals surface area (Å²) in [5.41, 5.74) is 1.23. The molecule has 1 saturated heterocycles. The smallest absolute Gasteiger partial charge is 0.329 e. The number of hydrogen-bond donors (Lipinski definition) is 2. The van der Waals surface area contributed by atoms with Crippen molar-refractivity contribution in [2.75, 3.05) is 4.90 Å². The standard InChI is InChI=1S/C23H26N6O3/c1-15(2)14-18(21-27-26-19-10-6-7-13-28(19)21)24-20(30)12-11-17-22(31)29(23(32)25-17)16-8-4-3-5-9-16/h3-10,13,15,17-18H,11-12,14H2,1-2H3,(H,24,30)(H,25,32)/t17-,18+/m1/s1. The molecular formula is C23H26N6O3. The molecule has 1 aliphatic rings. The second-order valence-corrected chi connectivity index (χ2v) is 8.29. The molecule has 2 aromatic heterocycles. The molecule has 4 amide bonds. The average molecular weight is 435 g/mol. The lowest BCUT2D eigenvalue weighted by Gasteiger charge is -2.19. The number of nitrogens with zero attached hydrogens (tertiary/aromatic N) is 4. The van der Waals surface area contributed by atoms with Gasteiger partial charge in [-0.15, -0.1) is 10.2 Å². The number of amides is 4. The van der Waals surface area contributed by atoms with Crippen LogP contribution < -0.4 is 15.5 Å². The van der Waals surface area contributed by atoms with Gasteiger partial charge in [0.1, 0.15) is 6.04 Å². The first-order valence-electron chi connectivity index (χ1n) is 10.7. The molecule has 2 N–H and O–H groups in total. The summed E-state index contributed by atoms with van der Waals surface area (Å²) in [5.74, 6) is 0.439. The third-order valence-electron chi connectivity index (χ3n) is 5.39. The molecular weight excluding hydrogens is 408 g/mol. The van der Waals surface area contributed by atoms with Gasteiger partial charge in [0, 0.05) is 12.6 Å². The minimum Gasteiger partial charge on any atom is -0.346 e. The second kappa shape index (κ2) is 9.17. The van der Waals surface area contributed by atoms with Crippen molar-refractivity contribution in [2.24, 2.45) is 5.92 Å². The van der Waals surface area contributed by atoms with Crippen LogP contribution in [0.1, 0.15) is 45.0 Å². The SMILES string of the molecule is CC(C)C[C@H](NC(=O)CC[C@H]1NC(=O)N(c2ccccc2)C1=O)c1nnc2ccccn12. The fraction of sp³-hybridized carbons (Fsp3) is 0.348. The molecule has 3 aromatic rings. The Bertz CT molecular complexity index is 1130. The van der Waals surface area contributed by atoms with E-state index in [2.05, 4.69) is 34.7 Å². The molecule has 1 fully saturated rings. The summed E-state index contributed by atoms with van der Waals surface area (Å²) in [6.07, 6.45) is 2.89. The highest BCUT2D eigenvalue weighted by atomic mass is 16.2. The largest absolute Gasteiger partial charge is 0.346 e. The topological polar surface area (TPSA) is 109 Å². The highest BCUT2D eigenvalue weighted by molar-refractivity contribution is 6.21. The Morgan fingerprint density at radius 1 is 1.09 bits per heavy atom. The van der Waals surface area contributed by atoms with Gasteiger partial charge in [-0.3, -0.25) is 14.0 Å². The normalized spacial score (nSPS) is 17.1. The van der Waals surface area contributed by atoms with E-state index in [0.29, 0.717) is 29.5 Å². The number of aromatic nitrogens is 3. The van der Waals surface area contributed by atoms with Gasteiger partial charge in [0.05, 0.1) is 11.7 Å². The maximum absolute atomic E-state index is 12.8. The van der Waals surface area contributed by atoms with E-state index in [1.165, 1.54) is 0 Å². The maximum atomic E-state index is 12.8.